The van der Waals surface area contributed by atoms with Crippen LogP contribution in [-0.4, -0.2) is 29.8 Å². The maximum absolute atomic E-state index is 13.1. The molecular weight excluding hydrogens is 1780 g/mol. The van der Waals surface area contributed by atoms with E-state index in [1.807, 2.05) is 228 Å². The summed E-state index contributed by atoms with van der Waals surface area (Å²) in [4.78, 5) is 56.5. The smallest absolute Gasteiger partial charge is 0.431 e. The van der Waals surface area contributed by atoms with E-state index in [-0.39, 0.29) is 56.3 Å². The minimum absolute atomic E-state index is 0.157. The SMILES string of the molecule is C=C(/C=C/c1ccccc1)OC(C)=O.CC(=O)OC1=C[C@@H](C(C)C)CC=C1C.CC(C)(C)C(=O)OC1=CC=CCC1.CC(C)(C)C(=O)OC1=CCCC(OC(=O)C(C)(C)C)=C1.CC1=CC[C@@]2(C)C(=C1)CC[C@H]1[C@@H]3CC[C@H]([C@H](C)CCCC(C)C)[C@@]3(C)CC[C@@H]12.O=P(OCc1ccccc1)(OCc1ccccc1)OC1=CC=CCC1.O=P(OCc1ccccc1)(OCc1ccccc1)OC1=CCCC=C1. The minimum Gasteiger partial charge on any atom is -0.431 e. The molecule has 8 atom stereocenters. The summed E-state index contributed by atoms with van der Waals surface area (Å²) < 4.78 is 85.5. The van der Waals surface area contributed by atoms with Crippen LogP contribution in [0.25, 0.3) is 6.08 Å². The number of carbonyl (C=O) groups is 5. The molecule has 752 valence electrons. The maximum atomic E-state index is 13.1. The fourth-order valence-corrected chi connectivity index (χ4v) is 20.5. The van der Waals surface area contributed by atoms with Gasteiger partial charge in [-0.3, -0.25) is 42.1 Å². The molecule has 9 aliphatic rings. The third-order valence-electron chi connectivity index (χ3n) is 26.1. The van der Waals surface area contributed by atoms with E-state index in [1.54, 1.807) is 71.4 Å². The van der Waals surface area contributed by atoms with Gasteiger partial charge in [-0.1, -0.05) is 292 Å². The Bertz CT molecular complexity index is 5230. The molecule has 139 heavy (non-hydrogen) atoms. The van der Waals surface area contributed by atoms with Crippen molar-refractivity contribution in [2.75, 3.05) is 0 Å². The lowest BCUT2D eigenvalue weighted by Gasteiger charge is -2.58. The molecule has 20 heteroatoms. The van der Waals surface area contributed by atoms with Crippen molar-refractivity contribution in [3.8, 4) is 0 Å². The number of esters is 5. The van der Waals surface area contributed by atoms with E-state index in [4.69, 9.17) is 50.8 Å². The molecule has 3 fully saturated rings. The van der Waals surface area contributed by atoms with Crippen molar-refractivity contribution in [1.29, 1.82) is 0 Å². The summed E-state index contributed by atoms with van der Waals surface area (Å²) in [6.07, 6.45) is 55.5. The van der Waals surface area contributed by atoms with Gasteiger partial charge >= 0.3 is 45.5 Å². The number of fused-ring (bicyclic) bond motifs is 5. The van der Waals surface area contributed by atoms with Gasteiger partial charge < -0.3 is 32.7 Å². The van der Waals surface area contributed by atoms with E-state index in [9.17, 15) is 33.1 Å². The minimum atomic E-state index is -3.74. The number of hydrogen-bond donors (Lipinski definition) is 0. The van der Waals surface area contributed by atoms with E-state index >= 15 is 0 Å². The first-order chi connectivity index (χ1) is 65.9. The summed E-state index contributed by atoms with van der Waals surface area (Å²) in [5, 5.41) is 0. The molecule has 0 bridgehead atoms. The quantitative estimate of drug-likeness (QED) is 0.0143. The molecule has 9 aliphatic carbocycles. The van der Waals surface area contributed by atoms with Gasteiger partial charge in [0.05, 0.1) is 42.7 Å². The Morgan fingerprint density at radius 1 is 0.496 bits per heavy atom. The standard InChI is InChI=1S/C28H46.2C20H21O4P.C16H24O4.C12H18O2.C12H12O2.C11H16O2/c1-19(2)8-7-9-21(4)24-12-13-25-23-11-10-22-18-20(3)14-16-27(22,5)26(23)15-17-28(24,25)6;2*21-25(24-20-14-8-3-9-15-20,22-16-18-10-4-1-5-11-18)23-17-19-12-6-2-7-13-19;1-15(2,3)13(17)19-11-8-7-9-12(10-11)20-14(18)16(4,5)6;1-8(2)11-6-5-9(3)12(7-11)14-10(4)13;1-10(14-11(2)13)8-9-12-6-4-3-5-7-12;1-11(2,3)10(12)13-9-7-5-4-6-8-9/h14,18-19,21,23-26H,7-13,15-17H2,1-6H3;1-2,4-8,10-15H,3,9,16-17H2;1-8,10-14H,9,15-17H2;8,10H,7,9H2,1-6H3;5,7-8,11H,6H2,1-4H3;3-9H,1H2,2H3;4-5,7H,6,8H2,1-3H3/b;;;;;9-8+;/t21-,23+,24-,25+,26+,27+,28-;;;;11-;;/m1...0../s1. The van der Waals surface area contributed by atoms with Crippen molar-refractivity contribution in [1.82, 2.24) is 0 Å². The lowest BCUT2D eigenvalue weighted by atomic mass is 9.46. The first kappa shape index (κ1) is 114. The number of benzene rings is 5. The summed E-state index contributed by atoms with van der Waals surface area (Å²) in [5.41, 5.74) is 8.64. The molecule has 5 aromatic carbocycles. The van der Waals surface area contributed by atoms with Crippen LogP contribution in [0.4, 0.5) is 0 Å². The normalized spacial score (nSPS) is 21.0. The van der Waals surface area contributed by atoms with Gasteiger partial charge in [0.25, 0.3) is 0 Å². The average molecular weight is 1940 g/mol. The van der Waals surface area contributed by atoms with Gasteiger partial charge in [0.2, 0.25) is 0 Å². The third-order valence-corrected chi connectivity index (χ3v) is 28.8. The monoisotopic (exact) mass is 1940 g/mol. The van der Waals surface area contributed by atoms with Gasteiger partial charge in [-0.25, -0.2) is 9.13 Å². The Morgan fingerprint density at radius 2 is 0.986 bits per heavy atom. The average Bonchev–Trinajstić information content (AvgIpc) is 1.66. The highest BCUT2D eigenvalue weighted by Gasteiger charge is 2.59. The van der Waals surface area contributed by atoms with E-state index in [0.717, 1.165) is 119 Å². The topological polar surface area (TPSA) is 221 Å². The molecule has 0 saturated heterocycles. The number of phosphoric ester groups is 2. The molecule has 0 aromatic heterocycles. The van der Waals surface area contributed by atoms with Crippen molar-refractivity contribution in [2.45, 2.75) is 287 Å². The molecule has 0 N–H and O–H groups in total. The first-order valence-electron chi connectivity index (χ1n) is 50.0. The molecule has 0 amide bonds. The predicted molar refractivity (Wildman–Crippen MR) is 559 cm³/mol. The molecule has 0 heterocycles. The highest BCUT2D eigenvalue weighted by atomic mass is 31.2. The van der Waals surface area contributed by atoms with Gasteiger partial charge in [0, 0.05) is 39.2 Å². The van der Waals surface area contributed by atoms with Crippen LogP contribution >= 0.6 is 15.6 Å². The van der Waals surface area contributed by atoms with Crippen molar-refractivity contribution < 1.29 is 83.9 Å². The Kier molecular flexibility index (Phi) is 45.7. The zero-order chi connectivity index (χ0) is 101. The van der Waals surface area contributed by atoms with Gasteiger partial charge in [0.1, 0.15) is 40.3 Å². The first-order valence-corrected chi connectivity index (χ1v) is 52.9. The number of carbonyl (C=O) groups excluding carboxylic acids is 5. The number of phosphoric acid groups is 2. The second-order valence-electron chi connectivity index (χ2n) is 41.7. The maximum Gasteiger partial charge on any atom is 0.530 e. The summed E-state index contributed by atoms with van der Waals surface area (Å²) in [7, 11) is -7.46. The zero-order valence-corrected chi connectivity index (χ0v) is 88.4. The van der Waals surface area contributed by atoms with Crippen LogP contribution in [0.15, 0.2) is 312 Å². The summed E-state index contributed by atoms with van der Waals surface area (Å²) in [5.74, 6) is 9.49. The van der Waals surface area contributed by atoms with Crippen molar-refractivity contribution in [3.63, 3.8) is 0 Å². The van der Waals surface area contributed by atoms with Gasteiger partial charge in [-0.15, -0.1) is 0 Å². The molecule has 0 unspecified atom stereocenters. The van der Waals surface area contributed by atoms with Crippen molar-refractivity contribution in [3.05, 3.63) is 340 Å². The van der Waals surface area contributed by atoms with E-state index in [0.29, 0.717) is 70.7 Å². The van der Waals surface area contributed by atoms with Gasteiger partial charge in [-0.2, -0.15) is 0 Å². The fraction of sp³-hybridized carbons (Fsp3) is 0.471. The lowest BCUT2D eigenvalue weighted by Crippen LogP contribution is -2.50. The fourth-order valence-electron chi connectivity index (χ4n) is 18.0. The molecule has 0 radical (unpaired) electrons. The van der Waals surface area contributed by atoms with Gasteiger partial charge in [-0.05, 0) is 294 Å². The molecule has 14 rings (SSSR count). The Morgan fingerprint density at radius 3 is 1.46 bits per heavy atom. The molecular formula is C119H158O18P2. The van der Waals surface area contributed by atoms with Crippen LogP contribution in [0.2, 0.25) is 0 Å². The van der Waals surface area contributed by atoms with E-state index < -0.39 is 31.9 Å². The van der Waals surface area contributed by atoms with Crippen LogP contribution in [0.3, 0.4) is 0 Å². The Labute approximate surface area is 832 Å². The van der Waals surface area contributed by atoms with Crippen LogP contribution in [0.1, 0.15) is 288 Å². The van der Waals surface area contributed by atoms with E-state index in [1.165, 1.54) is 83.6 Å². The van der Waals surface area contributed by atoms with Crippen LogP contribution in [0, 0.1) is 74.4 Å². The number of rotatable bonds is 29. The predicted octanol–water partition coefficient (Wildman–Crippen LogP) is 32.5. The second kappa shape index (κ2) is 55.8. The summed E-state index contributed by atoms with van der Waals surface area (Å²) in [6, 6.07) is 47.9. The number of allylic oxidation sites excluding steroid dienone is 22. The molecule has 0 aliphatic heterocycles. The van der Waals surface area contributed by atoms with Crippen molar-refractivity contribution in [2.24, 2.45) is 74.4 Å². The Balaban J connectivity index is 0.000000202. The molecule has 0 spiro atoms. The third kappa shape index (κ3) is 39.6. The molecule has 5 aromatic rings. The van der Waals surface area contributed by atoms with Crippen LogP contribution in [-0.2, 0) is 110 Å². The lowest BCUT2D eigenvalue weighted by molar-refractivity contribution is -0.149. The zero-order valence-electron chi connectivity index (χ0n) is 86.6. The molecule has 3 saturated carbocycles. The second-order valence-corrected chi connectivity index (χ2v) is 44.9. The number of hydrogen-bond acceptors (Lipinski definition) is 18. The highest BCUT2D eigenvalue weighted by Crippen LogP contribution is 2.68. The summed E-state index contributed by atoms with van der Waals surface area (Å²) >= 11 is 0. The highest BCUT2D eigenvalue weighted by molar-refractivity contribution is 7.48. The van der Waals surface area contributed by atoms with Crippen molar-refractivity contribution >= 4 is 51.6 Å². The van der Waals surface area contributed by atoms with Crippen LogP contribution < -0.4 is 0 Å². The van der Waals surface area contributed by atoms with Crippen LogP contribution in [0.5, 0.6) is 0 Å². The van der Waals surface area contributed by atoms with E-state index in [2.05, 4.69) is 92.3 Å². The number of ether oxygens (including phenoxy) is 5. The largest absolute Gasteiger partial charge is 0.530 e. The van der Waals surface area contributed by atoms with Gasteiger partial charge in [0.15, 0.2) is 0 Å². The Hall–Kier alpha value is -10.3. The summed E-state index contributed by atoms with van der Waals surface area (Å²) in [6.45, 7) is 44.7. The molecule has 18 nitrogen and oxygen atoms in total.